The Morgan fingerprint density at radius 1 is 1.04 bits per heavy atom. The molecule has 1 aliphatic heterocycles. The van der Waals surface area contributed by atoms with E-state index in [1.807, 2.05) is 47.5 Å². The van der Waals surface area contributed by atoms with Gasteiger partial charge in [-0.3, -0.25) is 9.78 Å². The van der Waals surface area contributed by atoms with E-state index in [1.54, 1.807) is 0 Å². The average molecular weight is 341 g/mol. The van der Waals surface area contributed by atoms with Gasteiger partial charge < -0.3 is 9.47 Å². The van der Waals surface area contributed by atoms with Crippen LogP contribution in [0.3, 0.4) is 0 Å². The summed E-state index contributed by atoms with van der Waals surface area (Å²) in [6, 6.07) is 18.2. The van der Waals surface area contributed by atoms with E-state index in [0.717, 1.165) is 51.7 Å². The van der Waals surface area contributed by atoms with E-state index >= 15 is 0 Å². The lowest BCUT2D eigenvalue weighted by molar-refractivity contribution is 0.0972. The first-order valence-electron chi connectivity index (χ1n) is 9.05. The van der Waals surface area contributed by atoms with Gasteiger partial charge in [-0.2, -0.15) is 0 Å². The molecule has 0 spiro atoms. The number of hydrogen-bond donors (Lipinski definition) is 0. The third-order valence-corrected chi connectivity index (χ3v) is 5.32. The smallest absolute Gasteiger partial charge is 0.275 e. The molecule has 4 heteroatoms. The molecule has 4 nitrogen and oxygen atoms in total. The number of aromatic nitrogens is 2. The Kier molecular flexibility index (Phi) is 3.32. The van der Waals surface area contributed by atoms with Gasteiger partial charge in [0.15, 0.2) is 0 Å². The van der Waals surface area contributed by atoms with Gasteiger partial charge >= 0.3 is 0 Å². The maximum absolute atomic E-state index is 13.4. The summed E-state index contributed by atoms with van der Waals surface area (Å²) in [7, 11) is 0. The van der Waals surface area contributed by atoms with Crippen molar-refractivity contribution in [2.24, 2.45) is 0 Å². The third-order valence-electron chi connectivity index (χ3n) is 5.32. The fourth-order valence-corrected chi connectivity index (χ4v) is 4.17. The summed E-state index contributed by atoms with van der Waals surface area (Å²) in [5.74, 6) is 0.0829. The minimum absolute atomic E-state index is 0.0829. The molecule has 0 fully saturated rings. The molecule has 0 radical (unpaired) electrons. The van der Waals surface area contributed by atoms with E-state index in [4.69, 9.17) is 0 Å². The SMILES string of the molecule is CCn1c2c(c3ccc4cccnc4c31)CCN(c1ccccc1)C2=O. The average Bonchev–Trinajstić information content (AvgIpc) is 3.04. The number of rotatable bonds is 2. The molecular formula is C22H19N3O. The molecule has 5 rings (SSSR count). The van der Waals surface area contributed by atoms with Gasteiger partial charge in [0.05, 0.1) is 11.0 Å². The molecule has 2 aromatic heterocycles. The van der Waals surface area contributed by atoms with Crippen LogP contribution in [0, 0.1) is 0 Å². The molecular weight excluding hydrogens is 322 g/mol. The van der Waals surface area contributed by atoms with Crippen LogP contribution in [0.25, 0.3) is 21.8 Å². The van der Waals surface area contributed by atoms with Gasteiger partial charge in [0, 0.05) is 35.7 Å². The van der Waals surface area contributed by atoms with Gasteiger partial charge in [-0.15, -0.1) is 0 Å². The molecule has 1 aliphatic rings. The van der Waals surface area contributed by atoms with Gasteiger partial charge in [0.2, 0.25) is 0 Å². The van der Waals surface area contributed by atoms with Crippen LogP contribution in [0.1, 0.15) is 23.0 Å². The van der Waals surface area contributed by atoms with E-state index in [1.165, 1.54) is 0 Å². The van der Waals surface area contributed by atoms with Crippen LogP contribution in [0.5, 0.6) is 0 Å². The summed E-state index contributed by atoms with van der Waals surface area (Å²) in [5.41, 5.74) is 4.99. The normalized spacial score (nSPS) is 14.2. The molecule has 1 amide bonds. The predicted molar refractivity (Wildman–Crippen MR) is 105 cm³/mol. The van der Waals surface area contributed by atoms with Crippen molar-refractivity contribution < 1.29 is 4.79 Å². The second-order valence-electron chi connectivity index (χ2n) is 6.65. The van der Waals surface area contributed by atoms with Crippen LogP contribution in [0.15, 0.2) is 60.8 Å². The first-order chi connectivity index (χ1) is 12.8. The van der Waals surface area contributed by atoms with Gasteiger partial charge in [0.1, 0.15) is 5.69 Å². The van der Waals surface area contributed by atoms with Crippen molar-refractivity contribution in [2.75, 3.05) is 11.4 Å². The summed E-state index contributed by atoms with van der Waals surface area (Å²) < 4.78 is 2.15. The summed E-state index contributed by atoms with van der Waals surface area (Å²) >= 11 is 0. The first-order valence-corrected chi connectivity index (χ1v) is 9.05. The molecule has 0 saturated heterocycles. The van der Waals surface area contributed by atoms with Crippen LogP contribution in [0.2, 0.25) is 0 Å². The molecule has 128 valence electrons. The Labute approximate surface area is 151 Å². The fraction of sp³-hybridized carbons (Fsp3) is 0.182. The summed E-state index contributed by atoms with van der Waals surface area (Å²) in [4.78, 5) is 19.9. The van der Waals surface area contributed by atoms with Gasteiger partial charge in [-0.1, -0.05) is 36.4 Å². The molecule has 26 heavy (non-hydrogen) atoms. The number of carbonyl (C=O) groups is 1. The van der Waals surface area contributed by atoms with Crippen molar-refractivity contribution in [1.29, 1.82) is 0 Å². The first kappa shape index (κ1) is 15.1. The number of benzene rings is 2. The Balaban J connectivity index is 1.79. The Hall–Kier alpha value is -3.14. The molecule has 0 bridgehead atoms. The number of anilines is 1. The highest BCUT2D eigenvalue weighted by molar-refractivity contribution is 6.14. The number of para-hydroxylation sites is 1. The quantitative estimate of drug-likeness (QED) is 0.541. The zero-order valence-electron chi connectivity index (χ0n) is 14.6. The lowest BCUT2D eigenvalue weighted by Crippen LogP contribution is -2.38. The molecule has 2 aromatic carbocycles. The zero-order valence-corrected chi connectivity index (χ0v) is 14.6. The van der Waals surface area contributed by atoms with E-state index in [-0.39, 0.29) is 5.91 Å². The highest BCUT2D eigenvalue weighted by Gasteiger charge is 2.31. The number of hydrogen-bond acceptors (Lipinski definition) is 2. The summed E-state index contributed by atoms with van der Waals surface area (Å²) in [6.45, 7) is 3.55. The topological polar surface area (TPSA) is 38.1 Å². The summed E-state index contributed by atoms with van der Waals surface area (Å²) in [6.07, 6.45) is 2.68. The zero-order chi connectivity index (χ0) is 17.7. The van der Waals surface area contributed by atoms with Crippen LogP contribution in [-0.4, -0.2) is 22.0 Å². The lowest BCUT2D eigenvalue weighted by Gasteiger charge is -2.28. The van der Waals surface area contributed by atoms with Crippen molar-refractivity contribution in [3.8, 4) is 0 Å². The van der Waals surface area contributed by atoms with Gasteiger partial charge in [0.25, 0.3) is 5.91 Å². The second kappa shape index (κ2) is 5.70. The highest BCUT2D eigenvalue weighted by Crippen LogP contribution is 2.35. The molecule has 3 heterocycles. The number of amides is 1. The predicted octanol–water partition coefficient (Wildman–Crippen LogP) is 4.41. The van der Waals surface area contributed by atoms with Gasteiger partial charge in [-0.25, -0.2) is 0 Å². The van der Waals surface area contributed by atoms with E-state index in [2.05, 4.69) is 34.7 Å². The third kappa shape index (κ3) is 2.02. The number of pyridine rings is 1. The number of nitrogens with zero attached hydrogens (tertiary/aromatic N) is 3. The van der Waals surface area contributed by atoms with Gasteiger partial charge in [-0.05, 0) is 37.1 Å². The largest absolute Gasteiger partial charge is 0.335 e. The Bertz CT molecular complexity index is 1140. The molecule has 0 atom stereocenters. The van der Waals surface area contributed by atoms with E-state index < -0.39 is 0 Å². The van der Waals surface area contributed by atoms with Crippen molar-refractivity contribution in [3.05, 3.63) is 72.1 Å². The summed E-state index contributed by atoms with van der Waals surface area (Å²) in [5, 5.41) is 2.27. The van der Waals surface area contributed by atoms with Crippen LogP contribution in [0.4, 0.5) is 5.69 Å². The Morgan fingerprint density at radius 2 is 1.88 bits per heavy atom. The minimum atomic E-state index is 0.0829. The molecule has 0 aliphatic carbocycles. The van der Waals surface area contributed by atoms with Crippen molar-refractivity contribution in [2.45, 2.75) is 19.9 Å². The van der Waals surface area contributed by atoms with Crippen LogP contribution < -0.4 is 4.90 Å². The number of fused-ring (bicyclic) bond motifs is 5. The fourth-order valence-electron chi connectivity index (χ4n) is 4.17. The maximum atomic E-state index is 13.4. The van der Waals surface area contributed by atoms with Crippen LogP contribution >= 0.6 is 0 Å². The maximum Gasteiger partial charge on any atom is 0.275 e. The molecule has 0 unspecified atom stereocenters. The van der Waals surface area contributed by atoms with Crippen molar-refractivity contribution in [1.82, 2.24) is 9.55 Å². The van der Waals surface area contributed by atoms with Crippen molar-refractivity contribution in [3.63, 3.8) is 0 Å². The molecule has 4 aromatic rings. The molecule has 0 saturated carbocycles. The second-order valence-corrected chi connectivity index (χ2v) is 6.65. The Morgan fingerprint density at radius 3 is 2.69 bits per heavy atom. The highest BCUT2D eigenvalue weighted by atomic mass is 16.2. The monoisotopic (exact) mass is 341 g/mol. The standard InChI is InChI=1S/C22H19N3O/c1-2-24-20-17(11-10-15-7-6-13-23-19(15)20)18-12-14-25(22(26)21(18)24)16-8-4-3-5-9-16/h3-11,13H,2,12,14H2,1H3. The van der Waals surface area contributed by atoms with Crippen LogP contribution in [-0.2, 0) is 13.0 Å². The molecule has 0 N–H and O–H groups in total. The van der Waals surface area contributed by atoms with Crippen molar-refractivity contribution >= 4 is 33.4 Å². The minimum Gasteiger partial charge on any atom is -0.335 e. The van der Waals surface area contributed by atoms with E-state index in [0.29, 0.717) is 6.54 Å². The number of carbonyl (C=O) groups excluding carboxylic acids is 1. The lowest BCUT2D eigenvalue weighted by atomic mass is 10.0. The number of aryl methyl sites for hydroxylation is 1. The van der Waals surface area contributed by atoms with E-state index in [9.17, 15) is 4.79 Å².